The summed E-state index contributed by atoms with van der Waals surface area (Å²) in [5, 5.41) is 3.36. The lowest BCUT2D eigenvalue weighted by atomic mass is 10.1. The highest BCUT2D eigenvalue weighted by Crippen LogP contribution is 2.25. The normalized spacial score (nSPS) is 19.3. The van der Waals surface area contributed by atoms with E-state index in [0.29, 0.717) is 5.92 Å². The summed E-state index contributed by atoms with van der Waals surface area (Å²) in [5.74, 6) is 1.57. The number of benzene rings is 1. The van der Waals surface area contributed by atoms with E-state index < -0.39 is 0 Å². The van der Waals surface area contributed by atoms with Crippen LogP contribution in [0.15, 0.2) is 35.2 Å². The predicted octanol–water partition coefficient (Wildman–Crippen LogP) is 2.29. The monoisotopic (exact) mass is 254 g/mol. The van der Waals surface area contributed by atoms with E-state index in [4.69, 9.17) is 4.42 Å². The molecule has 2 aromatic heterocycles. The molecule has 0 radical (unpaired) electrons. The largest absolute Gasteiger partial charge is 0.443 e. The Bertz CT molecular complexity index is 709. The summed E-state index contributed by atoms with van der Waals surface area (Å²) in [5.41, 5.74) is 3.79. The molecule has 5 nitrogen and oxygen atoms in total. The molecule has 0 amide bonds. The summed E-state index contributed by atoms with van der Waals surface area (Å²) >= 11 is 0. The van der Waals surface area contributed by atoms with Crippen molar-refractivity contribution in [2.24, 2.45) is 0 Å². The highest BCUT2D eigenvalue weighted by atomic mass is 16.3. The number of nitrogens with one attached hydrogen (secondary N) is 2. The van der Waals surface area contributed by atoms with E-state index in [1.807, 2.05) is 24.4 Å². The fraction of sp³-hybridized carbons (Fsp3) is 0.286. The molecule has 1 unspecified atom stereocenters. The lowest BCUT2D eigenvalue weighted by molar-refractivity contribution is 0.602. The van der Waals surface area contributed by atoms with Crippen LogP contribution >= 0.6 is 0 Å². The van der Waals surface area contributed by atoms with Crippen molar-refractivity contribution in [1.82, 2.24) is 20.3 Å². The zero-order chi connectivity index (χ0) is 12.7. The third-order valence-electron chi connectivity index (χ3n) is 3.68. The number of aromatic amines is 1. The number of hydrogen-bond donors (Lipinski definition) is 2. The van der Waals surface area contributed by atoms with Crippen LogP contribution in [0.25, 0.3) is 22.4 Å². The maximum atomic E-state index is 5.33. The predicted molar refractivity (Wildman–Crippen MR) is 71.8 cm³/mol. The molecule has 96 valence electrons. The van der Waals surface area contributed by atoms with Gasteiger partial charge in [0.25, 0.3) is 0 Å². The van der Waals surface area contributed by atoms with Gasteiger partial charge in [0, 0.05) is 18.0 Å². The van der Waals surface area contributed by atoms with E-state index in [1.165, 1.54) is 6.39 Å². The van der Waals surface area contributed by atoms with E-state index in [2.05, 4.69) is 20.3 Å². The van der Waals surface area contributed by atoms with Crippen molar-refractivity contribution in [3.8, 4) is 11.3 Å². The first-order chi connectivity index (χ1) is 9.40. The Morgan fingerprint density at radius 1 is 1.26 bits per heavy atom. The maximum Gasteiger partial charge on any atom is 0.181 e. The molecule has 1 atom stereocenters. The van der Waals surface area contributed by atoms with E-state index in [-0.39, 0.29) is 0 Å². The molecule has 1 aliphatic heterocycles. The molecule has 1 aromatic carbocycles. The van der Waals surface area contributed by atoms with Crippen molar-refractivity contribution in [2.75, 3.05) is 13.1 Å². The van der Waals surface area contributed by atoms with Crippen molar-refractivity contribution in [3.63, 3.8) is 0 Å². The summed E-state index contributed by atoms with van der Waals surface area (Å²) in [7, 11) is 0. The van der Waals surface area contributed by atoms with Gasteiger partial charge in [0.05, 0.1) is 11.9 Å². The molecule has 19 heavy (non-hydrogen) atoms. The summed E-state index contributed by atoms with van der Waals surface area (Å²) in [4.78, 5) is 12.0. The lowest BCUT2D eigenvalue weighted by Gasteiger charge is -2.03. The average Bonchev–Trinajstić information content (AvgIpc) is 3.18. The van der Waals surface area contributed by atoms with Crippen LogP contribution in [0.1, 0.15) is 18.2 Å². The number of fused-ring (bicyclic) bond motifs is 1. The van der Waals surface area contributed by atoms with Crippen molar-refractivity contribution in [1.29, 1.82) is 0 Å². The van der Waals surface area contributed by atoms with Gasteiger partial charge in [-0.05, 0) is 25.1 Å². The Balaban J connectivity index is 1.70. The van der Waals surface area contributed by atoms with Crippen molar-refractivity contribution < 1.29 is 4.42 Å². The third-order valence-corrected chi connectivity index (χ3v) is 3.68. The number of nitrogens with zero attached hydrogens (tertiary/aromatic N) is 2. The van der Waals surface area contributed by atoms with Crippen molar-refractivity contribution in [2.45, 2.75) is 12.3 Å². The van der Waals surface area contributed by atoms with E-state index >= 15 is 0 Å². The van der Waals surface area contributed by atoms with Gasteiger partial charge in [-0.25, -0.2) is 9.97 Å². The highest BCUT2D eigenvalue weighted by molar-refractivity contribution is 5.78. The molecule has 0 spiro atoms. The van der Waals surface area contributed by atoms with Crippen LogP contribution < -0.4 is 5.32 Å². The topological polar surface area (TPSA) is 66.7 Å². The molecule has 3 aromatic rings. The summed E-state index contributed by atoms with van der Waals surface area (Å²) in [6.45, 7) is 2.08. The quantitative estimate of drug-likeness (QED) is 0.736. The van der Waals surface area contributed by atoms with Crippen LogP contribution in [-0.4, -0.2) is 28.0 Å². The zero-order valence-electron chi connectivity index (χ0n) is 10.4. The molecule has 1 saturated heterocycles. The van der Waals surface area contributed by atoms with E-state index in [9.17, 15) is 0 Å². The van der Waals surface area contributed by atoms with Gasteiger partial charge in [0.1, 0.15) is 11.3 Å². The summed E-state index contributed by atoms with van der Waals surface area (Å²) in [6.07, 6.45) is 4.51. The molecule has 5 heteroatoms. The smallest absolute Gasteiger partial charge is 0.181 e. The van der Waals surface area contributed by atoms with Gasteiger partial charge in [-0.2, -0.15) is 0 Å². The van der Waals surface area contributed by atoms with Gasteiger partial charge in [-0.1, -0.05) is 6.07 Å². The van der Waals surface area contributed by atoms with Gasteiger partial charge < -0.3 is 14.7 Å². The number of oxazole rings is 1. The minimum Gasteiger partial charge on any atom is -0.443 e. The first-order valence-electron chi connectivity index (χ1n) is 6.49. The Kier molecular flexibility index (Phi) is 2.38. The summed E-state index contributed by atoms with van der Waals surface area (Å²) < 4.78 is 5.33. The van der Waals surface area contributed by atoms with Crippen LogP contribution in [0.3, 0.4) is 0 Å². The summed E-state index contributed by atoms with van der Waals surface area (Å²) in [6, 6.07) is 5.99. The molecule has 0 saturated carbocycles. The second kappa shape index (κ2) is 4.20. The first-order valence-corrected chi connectivity index (χ1v) is 6.49. The SMILES string of the molecule is c1nc2ccc(-c3cnc(C4CCNC4)[nH]3)cc2o1. The molecule has 1 fully saturated rings. The van der Waals surface area contributed by atoms with Crippen LogP contribution in [0.5, 0.6) is 0 Å². The molecule has 4 rings (SSSR count). The Hall–Kier alpha value is -2.14. The fourth-order valence-corrected chi connectivity index (χ4v) is 2.60. The van der Waals surface area contributed by atoms with Crippen molar-refractivity contribution >= 4 is 11.1 Å². The average molecular weight is 254 g/mol. The maximum absolute atomic E-state index is 5.33. The van der Waals surface area contributed by atoms with Gasteiger partial charge in [0.2, 0.25) is 0 Å². The standard InChI is InChI=1S/C14H14N4O/c1-2-11-13(19-8-17-11)5-9(1)12-7-16-14(18-12)10-3-4-15-6-10/h1-2,5,7-8,10,15H,3-4,6H2,(H,16,18). The number of aromatic nitrogens is 3. The minimum atomic E-state index is 0.503. The first kappa shape index (κ1) is 10.8. The lowest BCUT2D eigenvalue weighted by Crippen LogP contribution is -2.08. The number of H-pyrrole nitrogens is 1. The Morgan fingerprint density at radius 3 is 3.16 bits per heavy atom. The number of imidazole rings is 1. The molecule has 2 N–H and O–H groups in total. The fourth-order valence-electron chi connectivity index (χ4n) is 2.60. The van der Waals surface area contributed by atoms with Gasteiger partial charge >= 0.3 is 0 Å². The van der Waals surface area contributed by atoms with Crippen LogP contribution in [-0.2, 0) is 0 Å². The molecule has 3 heterocycles. The van der Waals surface area contributed by atoms with Crippen LogP contribution in [0.2, 0.25) is 0 Å². The zero-order valence-corrected chi connectivity index (χ0v) is 10.4. The second-order valence-electron chi connectivity index (χ2n) is 4.91. The highest BCUT2D eigenvalue weighted by Gasteiger charge is 2.19. The Labute approximate surface area is 110 Å². The molecule has 0 bridgehead atoms. The van der Waals surface area contributed by atoms with Gasteiger partial charge in [-0.3, -0.25) is 0 Å². The van der Waals surface area contributed by atoms with Gasteiger partial charge in [-0.15, -0.1) is 0 Å². The Morgan fingerprint density at radius 2 is 2.26 bits per heavy atom. The molecule has 0 aliphatic carbocycles. The van der Waals surface area contributed by atoms with Crippen molar-refractivity contribution in [3.05, 3.63) is 36.6 Å². The number of rotatable bonds is 2. The minimum absolute atomic E-state index is 0.503. The van der Waals surface area contributed by atoms with E-state index in [0.717, 1.165) is 47.7 Å². The second-order valence-corrected chi connectivity index (χ2v) is 4.91. The third kappa shape index (κ3) is 1.82. The van der Waals surface area contributed by atoms with E-state index in [1.54, 1.807) is 0 Å². The molecular formula is C14H14N4O. The van der Waals surface area contributed by atoms with Crippen LogP contribution in [0, 0.1) is 0 Å². The molecular weight excluding hydrogens is 240 g/mol. The van der Waals surface area contributed by atoms with Gasteiger partial charge in [0.15, 0.2) is 12.0 Å². The molecule has 1 aliphatic rings. The number of hydrogen-bond acceptors (Lipinski definition) is 4. The van der Waals surface area contributed by atoms with Crippen LogP contribution in [0.4, 0.5) is 0 Å².